The van der Waals surface area contributed by atoms with Crippen molar-refractivity contribution < 1.29 is 14.1 Å². The van der Waals surface area contributed by atoms with Crippen molar-refractivity contribution in [3.8, 4) is 5.75 Å². The van der Waals surface area contributed by atoms with E-state index in [0.29, 0.717) is 37.1 Å². The first-order valence-corrected chi connectivity index (χ1v) is 8.49. The highest BCUT2D eigenvalue weighted by Crippen LogP contribution is 2.19. The Morgan fingerprint density at radius 1 is 1.16 bits per heavy atom. The van der Waals surface area contributed by atoms with Gasteiger partial charge in [0.25, 0.3) is 0 Å². The number of aromatic nitrogens is 2. The molecule has 0 bridgehead atoms. The van der Waals surface area contributed by atoms with Gasteiger partial charge in [0, 0.05) is 31.6 Å². The van der Waals surface area contributed by atoms with Crippen LogP contribution in [-0.4, -0.2) is 52.2 Å². The van der Waals surface area contributed by atoms with Gasteiger partial charge in [-0.05, 0) is 12.1 Å². The summed E-state index contributed by atoms with van der Waals surface area (Å²) in [5.74, 6) is 1.90. The van der Waals surface area contributed by atoms with E-state index >= 15 is 0 Å². The Balaban J connectivity index is 1.48. The Labute approximate surface area is 147 Å². The summed E-state index contributed by atoms with van der Waals surface area (Å²) in [7, 11) is 0. The van der Waals surface area contributed by atoms with E-state index in [1.54, 1.807) is 17.0 Å². The molecule has 1 fully saturated rings. The molecule has 1 saturated heterocycles. The third kappa shape index (κ3) is 4.57. The Hall–Kier alpha value is -2.41. The Morgan fingerprint density at radius 3 is 2.44 bits per heavy atom. The van der Waals surface area contributed by atoms with Gasteiger partial charge in [0.15, 0.2) is 5.82 Å². The average Bonchev–Trinajstić information content (AvgIpc) is 3.05. The molecule has 134 valence electrons. The molecular formula is C18H24N4O3. The van der Waals surface area contributed by atoms with E-state index in [0.717, 1.165) is 13.1 Å². The summed E-state index contributed by atoms with van der Waals surface area (Å²) in [5, 5.41) is 4.05. The molecule has 25 heavy (non-hydrogen) atoms. The van der Waals surface area contributed by atoms with Crippen LogP contribution in [0.15, 0.2) is 34.9 Å². The molecule has 1 amide bonds. The molecule has 7 heteroatoms. The van der Waals surface area contributed by atoms with Crippen molar-refractivity contribution in [3.05, 3.63) is 42.0 Å². The van der Waals surface area contributed by atoms with Crippen LogP contribution in [0.2, 0.25) is 0 Å². The fraction of sp³-hybridized carbons (Fsp3) is 0.500. The third-order valence-electron chi connectivity index (χ3n) is 4.08. The lowest BCUT2D eigenvalue weighted by Gasteiger charge is -2.33. The summed E-state index contributed by atoms with van der Waals surface area (Å²) in [6.07, 6.45) is -0.307. The second-order valence-corrected chi connectivity index (χ2v) is 7.21. The molecule has 0 atom stereocenters. The third-order valence-corrected chi connectivity index (χ3v) is 4.08. The minimum absolute atomic E-state index is 0.123. The van der Waals surface area contributed by atoms with E-state index < -0.39 is 0 Å². The maximum absolute atomic E-state index is 12.2. The summed E-state index contributed by atoms with van der Waals surface area (Å²) >= 11 is 0. The Kier molecular flexibility index (Phi) is 5.03. The lowest BCUT2D eigenvalue weighted by Crippen LogP contribution is -2.49. The van der Waals surface area contributed by atoms with Crippen molar-refractivity contribution in [2.45, 2.75) is 32.7 Å². The van der Waals surface area contributed by atoms with E-state index in [4.69, 9.17) is 9.26 Å². The smallest absolute Gasteiger partial charge is 0.410 e. The highest BCUT2D eigenvalue weighted by Gasteiger charge is 2.25. The molecular weight excluding hydrogens is 320 g/mol. The molecule has 7 nitrogen and oxygen atoms in total. The molecule has 1 aliphatic rings. The lowest BCUT2D eigenvalue weighted by atomic mass is 9.96. The zero-order chi connectivity index (χ0) is 17.9. The molecule has 2 heterocycles. The average molecular weight is 344 g/mol. The van der Waals surface area contributed by atoms with Crippen molar-refractivity contribution in [1.82, 2.24) is 19.9 Å². The number of hydrogen-bond acceptors (Lipinski definition) is 6. The van der Waals surface area contributed by atoms with E-state index in [1.165, 1.54) is 0 Å². The van der Waals surface area contributed by atoms with E-state index in [9.17, 15) is 4.79 Å². The van der Waals surface area contributed by atoms with Gasteiger partial charge < -0.3 is 14.2 Å². The number of piperazine rings is 1. The summed E-state index contributed by atoms with van der Waals surface area (Å²) < 4.78 is 10.7. The molecule has 1 aliphatic heterocycles. The monoisotopic (exact) mass is 344 g/mol. The van der Waals surface area contributed by atoms with E-state index in [1.807, 2.05) is 18.2 Å². The highest BCUT2D eigenvalue weighted by molar-refractivity contribution is 5.70. The maximum atomic E-state index is 12.2. The molecule has 3 rings (SSSR count). The van der Waals surface area contributed by atoms with Gasteiger partial charge in [0.05, 0.1) is 6.54 Å². The molecule has 0 saturated carbocycles. The second kappa shape index (κ2) is 7.23. The van der Waals surface area contributed by atoms with Gasteiger partial charge >= 0.3 is 6.09 Å². The van der Waals surface area contributed by atoms with Crippen LogP contribution in [0.25, 0.3) is 0 Å². The van der Waals surface area contributed by atoms with Crippen LogP contribution in [0.3, 0.4) is 0 Å². The van der Waals surface area contributed by atoms with Crippen LogP contribution in [0.4, 0.5) is 4.79 Å². The predicted octanol–water partition coefficient (Wildman–Crippen LogP) is 2.68. The number of carbonyl (C=O) groups excluding carboxylic acids is 1. The lowest BCUT2D eigenvalue weighted by molar-refractivity contribution is 0.102. The first-order chi connectivity index (χ1) is 11.9. The number of rotatable bonds is 3. The molecule has 0 N–H and O–H groups in total. The first kappa shape index (κ1) is 17.4. The van der Waals surface area contributed by atoms with Crippen molar-refractivity contribution >= 4 is 6.09 Å². The molecule has 0 spiro atoms. The number of benzene rings is 1. The Morgan fingerprint density at radius 2 is 1.84 bits per heavy atom. The van der Waals surface area contributed by atoms with Crippen molar-refractivity contribution in [2.75, 3.05) is 26.2 Å². The Bertz CT molecular complexity index is 701. The van der Waals surface area contributed by atoms with Crippen molar-refractivity contribution in [2.24, 2.45) is 0 Å². The van der Waals surface area contributed by atoms with Gasteiger partial charge in [-0.15, -0.1) is 0 Å². The standard InChI is InChI=1S/C18H24N4O3/c1-18(2,3)16-19-15(25-20-16)13-21-9-11-22(12-10-21)17(23)24-14-7-5-4-6-8-14/h4-8H,9-13H2,1-3H3. The molecule has 1 aromatic carbocycles. The second-order valence-electron chi connectivity index (χ2n) is 7.21. The van der Waals surface area contributed by atoms with Gasteiger partial charge in [0.2, 0.25) is 5.89 Å². The minimum Gasteiger partial charge on any atom is -0.410 e. The number of amides is 1. The molecule has 0 unspecified atom stereocenters. The molecule has 0 aliphatic carbocycles. The van der Waals surface area contributed by atoms with Gasteiger partial charge in [-0.2, -0.15) is 4.98 Å². The van der Waals surface area contributed by atoms with Gasteiger partial charge in [-0.25, -0.2) is 4.79 Å². The largest absolute Gasteiger partial charge is 0.415 e. The van der Waals surface area contributed by atoms with Crippen LogP contribution in [0.5, 0.6) is 5.75 Å². The molecule has 0 radical (unpaired) electrons. The normalized spacial score (nSPS) is 16.0. The molecule has 1 aromatic heterocycles. The zero-order valence-corrected chi connectivity index (χ0v) is 14.9. The summed E-state index contributed by atoms with van der Waals surface area (Å²) in [5.41, 5.74) is -0.123. The van der Waals surface area contributed by atoms with Crippen LogP contribution >= 0.6 is 0 Å². The SMILES string of the molecule is CC(C)(C)c1noc(CN2CCN(C(=O)Oc3ccccc3)CC2)n1. The van der Waals surface area contributed by atoms with Crippen LogP contribution in [0, 0.1) is 0 Å². The van der Waals surface area contributed by atoms with Gasteiger partial charge in [-0.1, -0.05) is 44.1 Å². The highest BCUT2D eigenvalue weighted by atomic mass is 16.6. The van der Waals surface area contributed by atoms with Gasteiger partial charge in [0.1, 0.15) is 5.75 Å². The summed E-state index contributed by atoms with van der Waals surface area (Å²) in [6.45, 7) is 9.49. The topological polar surface area (TPSA) is 71.7 Å². The minimum atomic E-state index is -0.307. The number of hydrogen-bond donors (Lipinski definition) is 0. The fourth-order valence-electron chi connectivity index (χ4n) is 2.56. The summed E-state index contributed by atoms with van der Waals surface area (Å²) in [4.78, 5) is 20.6. The van der Waals surface area contributed by atoms with Crippen LogP contribution < -0.4 is 4.74 Å². The quantitative estimate of drug-likeness (QED) is 0.852. The van der Waals surface area contributed by atoms with E-state index in [2.05, 4.69) is 35.8 Å². The fourth-order valence-corrected chi connectivity index (χ4v) is 2.56. The number of carbonyl (C=O) groups is 1. The predicted molar refractivity (Wildman–Crippen MR) is 92.3 cm³/mol. The van der Waals surface area contributed by atoms with Crippen molar-refractivity contribution in [1.29, 1.82) is 0 Å². The summed E-state index contributed by atoms with van der Waals surface area (Å²) in [6, 6.07) is 9.12. The van der Waals surface area contributed by atoms with Crippen LogP contribution in [-0.2, 0) is 12.0 Å². The van der Waals surface area contributed by atoms with Crippen LogP contribution in [0.1, 0.15) is 32.5 Å². The maximum Gasteiger partial charge on any atom is 0.415 e. The number of para-hydroxylation sites is 1. The number of ether oxygens (including phenoxy) is 1. The molecule has 2 aromatic rings. The van der Waals surface area contributed by atoms with E-state index in [-0.39, 0.29) is 11.5 Å². The van der Waals surface area contributed by atoms with Gasteiger partial charge in [-0.3, -0.25) is 4.90 Å². The first-order valence-electron chi connectivity index (χ1n) is 8.49. The zero-order valence-electron chi connectivity index (χ0n) is 14.9. The van der Waals surface area contributed by atoms with Crippen molar-refractivity contribution in [3.63, 3.8) is 0 Å². The number of nitrogens with zero attached hydrogens (tertiary/aromatic N) is 4.